The molecular formula is C13H28N2O. The Morgan fingerprint density at radius 3 is 2.56 bits per heavy atom. The second-order valence-electron chi connectivity index (χ2n) is 4.55. The maximum atomic E-state index is 5.41. The average Bonchev–Trinajstić information content (AvgIpc) is 2.58. The number of hydrogen-bond acceptors (Lipinski definition) is 3. The largest absolute Gasteiger partial charge is 0.381 e. The second-order valence-corrected chi connectivity index (χ2v) is 4.55. The second kappa shape index (κ2) is 8.04. The van der Waals surface area contributed by atoms with Crippen molar-refractivity contribution in [2.24, 2.45) is 0 Å². The minimum absolute atomic E-state index is 0.653. The van der Waals surface area contributed by atoms with Crippen molar-refractivity contribution >= 4 is 0 Å². The van der Waals surface area contributed by atoms with Crippen LogP contribution in [0, 0.1) is 0 Å². The van der Waals surface area contributed by atoms with Gasteiger partial charge < -0.3 is 10.1 Å². The van der Waals surface area contributed by atoms with Crippen molar-refractivity contribution in [3.63, 3.8) is 0 Å². The molecule has 2 fully saturated rings. The zero-order chi connectivity index (χ0) is 11.8. The molecule has 1 N–H and O–H groups in total. The molecule has 0 unspecified atom stereocenters. The van der Waals surface area contributed by atoms with Crippen LogP contribution >= 0.6 is 0 Å². The van der Waals surface area contributed by atoms with Gasteiger partial charge in [0.15, 0.2) is 0 Å². The van der Waals surface area contributed by atoms with Crippen LogP contribution in [0.15, 0.2) is 0 Å². The minimum atomic E-state index is 0.653. The van der Waals surface area contributed by atoms with E-state index >= 15 is 0 Å². The summed E-state index contributed by atoms with van der Waals surface area (Å²) in [5, 5.41) is 3.54. The van der Waals surface area contributed by atoms with E-state index in [-0.39, 0.29) is 0 Å². The van der Waals surface area contributed by atoms with Crippen LogP contribution in [0.4, 0.5) is 0 Å². The highest BCUT2D eigenvalue weighted by Crippen LogP contribution is 2.16. The molecule has 2 heterocycles. The van der Waals surface area contributed by atoms with Gasteiger partial charge in [-0.25, -0.2) is 0 Å². The van der Waals surface area contributed by atoms with E-state index in [9.17, 15) is 0 Å². The molecule has 96 valence electrons. The molecule has 2 aliphatic heterocycles. The molecule has 0 spiro atoms. The molecule has 2 rings (SSSR count). The van der Waals surface area contributed by atoms with Crippen LogP contribution < -0.4 is 5.32 Å². The van der Waals surface area contributed by atoms with Gasteiger partial charge in [-0.1, -0.05) is 13.8 Å². The Morgan fingerprint density at radius 2 is 1.88 bits per heavy atom. The average molecular weight is 228 g/mol. The van der Waals surface area contributed by atoms with E-state index in [1.54, 1.807) is 0 Å². The highest BCUT2D eigenvalue weighted by Gasteiger charge is 2.23. The normalized spacial score (nSPS) is 29.1. The predicted molar refractivity (Wildman–Crippen MR) is 68.8 cm³/mol. The van der Waals surface area contributed by atoms with Crippen molar-refractivity contribution in [3.05, 3.63) is 0 Å². The summed E-state index contributed by atoms with van der Waals surface area (Å²) in [6.07, 6.45) is 3.75. The van der Waals surface area contributed by atoms with Crippen LogP contribution in [-0.2, 0) is 4.74 Å². The van der Waals surface area contributed by atoms with E-state index in [0.717, 1.165) is 19.3 Å². The van der Waals surface area contributed by atoms with Crippen molar-refractivity contribution in [2.45, 2.75) is 52.1 Å². The number of ether oxygens (including phenoxy) is 1. The van der Waals surface area contributed by atoms with Gasteiger partial charge in [0.1, 0.15) is 0 Å². The molecule has 16 heavy (non-hydrogen) atoms. The zero-order valence-corrected chi connectivity index (χ0v) is 11.2. The molecule has 0 aliphatic carbocycles. The standard InChI is InChI=1S/C11H22N2O.C2H6/c1-10-9-13(6-2-5-12-10)11-3-7-14-8-4-11;1-2/h10-12H,2-9H2,1H3;1-2H3/t10-;/m0./s1. The minimum Gasteiger partial charge on any atom is -0.381 e. The molecule has 2 aliphatic rings. The topological polar surface area (TPSA) is 24.5 Å². The first kappa shape index (κ1) is 13.9. The highest BCUT2D eigenvalue weighted by molar-refractivity contribution is 4.80. The maximum absolute atomic E-state index is 5.41. The Bertz CT molecular complexity index is 169. The third-order valence-corrected chi connectivity index (χ3v) is 3.33. The lowest BCUT2D eigenvalue weighted by Crippen LogP contribution is -2.43. The molecular weight excluding hydrogens is 200 g/mol. The number of hydrogen-bond donors (Lipinski definition) is 1. The van der Waals surface area contributed by atoms with E-state index in [0.29, 0.717) is 6.04 Å². The lowest BCUT2D eigenvalue weighted by molar-refractivity contribution is 0.0340. The monoisotopic (exact) mass is 228 g/mol. The molecule has 0 aromatic carbocycles. The summed E-state index contributed by atoms with van der Waals surface area (Å²) in [7, 11) is 0. The molecule has 0 saturated carbocycles. The molecule has 0 aromatic heterocycles. The van der Waals surface area contributed by atoms with Gasteiger partial charge >= 0.3 is 0 Å². The van der Waals surface area contributed by atoms with Gasteiger partial charge in [-0.05, 0) is 39.3 Å². The van der Waals surface area contributed by atoms with E-state index in [1.165, 1.54) is 38.9 Å². The first-order valence-corrected chi connectivity index (χ1v) is 6.91. The predicted octanol–water partition coefficient (Wildman–Crippen LogP) is 1.88. The van der Waals surface area contributed by atoms with E-state index in [4.69, 9.17) is 4.74 Å². The van der Waals surface area contributed by atoms with Crippen LogP contribution in [0.2, 0.25) is 0 Å². The Balaban J connectivity index is 0.000000606. The van der Waals surface area contributed by atoms with Crippen LogP contribution in [0.1, 0.15) is 40.0 Å². The van der Waals surface area contributed by atoms with Crippen molar-refractivity contribution in [1.29, 1.82) is 0 Å². The summed E-state index contributed by atoms with van der Waals surface area (Å²) in [5.74, 6) is 0. The third-order valence-electron chi connectivity index (χ3n) is 3.33. The molecule has 2 saturated heterocycles. The third kappa shape index (κ3) is 4.40. The van der Waals surface area contributed by atoms with Gasteiger partial charge in [0.25, 0.3) is 0 Å². The van der Waals surface area contributed by atoms with Crippen LogP contribution in [-0.4, -0.2) is 49.8 Å². The molecule has 0 bridgehead atoms. The van der Waals surface area contributed by atoms with Gasteiger partial charge in [0, 0.05) is 31.8 Å². The Labute approximate surface area is 101 Å². The number of nitrogens with one attached hydrogen (secondary N) is 1. The zero-order valence-electron chi connectivity index (χ0n) is 11.2. The molecule has 3 heteroatoms. The Kier molecular flexibility index (Phi) is 7.01. The number of nitrogens with zero attached hydrogens (tertiary/aromatic N) is 1. The molecule has 0 radical (unpaired) electrons. The van der Waals surface area contributed by atoms with Gasteiger partial charge in [0.2, 0.25) is 0 Å². The molecule has 0 amide bonds. The van der Waals surface area contributed by atoms with Crippen molar-refractivity contribution in [3.8, 4) is 0 Å². The van der Waals surface area contributed by atoms with Gasteiger partial charge in [-0.15, -0.1) is 0 Å². The van der Waals surface area contributed by atoms with E-state index < -0.39 is 0 Å². The molecule has 3 nitrogen and oxygen atoms in total. The van der Waals surface area contributed by atoms with Crippen LogP contribution in [0.5, 0.6) is 0 Å². The number of rotatable bonds is 1. The van der Waals surface area contributed by atoms with Crippen molar-refractivity contribution in [2.75, 3.05) is 32.8 Å². The summed E-state index contributed by atoms with van der Waals surface area (Å²) in [5.41, 5.74) is 0. The molecule has 0 aromatic rings. The fourth-order valence-electron chi connectivity index (χ4n) is 2.52. The first-order valence-electron chi connectivity index (χ1n) is 6.91. The summed E-state index contributed by atoms with van der Waals surface area (Å²) in [6.45, 7) is 11.9. The maximum Gasteiger partial charge on any atom is 0.0480 e. The lowest BCUT2D eigenvalue weighted by atomic mass is 10.1. The van der Waals surface area contributed by atoms with Crippen LogP contribution in [0.25, 0.3) is 0 Å². The SMILES string of the molecule is CC.C[C@H]1CN(C2CCOCC2)CCCN1. The van der Waals surface area contributed by atoms with Crippen molar-refractivity contribution < 1.29 is 4.74 Å². The summed E-state index contributed by atoms with van der Waals surface area (Å²) in [6, 6.07) is 1.44. The quantitative estimate of drug-likeness (QED) is 0.741. The van der Waals surface area contributed by atoms with E-state index in [1.807, 2.05) is 13.8 Å². The van der Waals surface area contributed by atoms with Gasteiger partial charge in [-0.2, -0.15) is 0 Å². The van der Waals surface area contributed by atoms with Crippen molar-refractivity contribution in [1.82, 2.24) is 10.2 Å². The fourth-order valence-corrected chi connectivity index (χ4v) is 2.52. The van der Waals surface area contributed by atoms with E-state index in [2.05, 4.69) is 17.1 Å². The Hall–Kier alpha value is -0.120. The van der Waals surface area contributed by atoms with Crippen LogP contribution in [0.3, 0.4) is 0 Å². The summed E-state index contributed by atoms with van der Waals surface area (Å²) in [4.78, 5) is 2.66. The summed E-state index contributed by atoms with van der Waals surface area (Å²) < 4.78 is 5.41. The Morgan fingerprint density at radius 1 is 1.19 bits per heavy atom. The summed E-state index contributed by atoms with van der Waals surface area (Å²) >= 11 is 0. The first-order chi connectivity index (χ1) is 7.86. The smallest absolute Gasteiger partial charge is 0.0480 e. The highest BCUT2D eigenvalue weighted by atomic mass is 16.5. The fraction of sp³-hybridized carbons (Fsp3) is 1.00. The molecule has 1 atom stereocenters. The van der Waals surface area contributed by atoms with Gasteiger partial charge in [0.05, 0.1) is 0 Å². The lowest BCUT2D eigenvalue weighted by Gasteiger charge is -2.34. The van der Waals surface area contributed by atoms with Gasteiger partial charge in [-0.3, -0.25) is 4.90 Å².